The van der Waals surface area contributed by atoms with Crippen molar-refractivity contribution >= 4 is 18.0 Å². The zero-order valence-electron chi connectivity index (χ0n) is 12.6. The number of rotatable bonds is 5. The van der Waals surface area contributed by atoms with Gasteiger partial charge in [-0.2, -0.15) is 5.10 Å². The number of imidazole rings is 1. The maximum absolute atomic E-state index is 11.0. The second-order valence-corrected chi connectivity index (χ2v) is 5.80. The number of nitrogens with zero attached hydrogens (tertiary/aromatic N) is 3. The van der Waals surface area contributed by atoms with Crippen LogP contribution in [0.5, 0.6) is 0 Å². The highest BCUT2D eigenvalue weighted by Gasteiger charge is 2.21. The summed E-state index contributed by atoms with van der Waals surface area (Å²) >= 11 is 0. The highest BCUT2D eigenvalue weighted by atomic mass is 16.5. The minimum absolute atomic E-state index is 0.139. The van der Waals surface area contributed by atoms with Crippen LogP contribution in [0.1, 0.15) is 42.9 Å². The summed E-state index contributed by atoms with van der Waals surface area (Å²) in [6.07, 6.45) is 2.53. The summed E-state index contributed by atoms with van der Waals surface area (Å²) in [5.74, 6) is 0. The van der Waals surface area contributed by atoms with E-state index in [4.69, 9.17) is 9.84 Å². The molecular formula is C14H18N4O4. The third-order valence-corrected chi connectivity index (χ3v) is 2.83. The molecule has 118 valence electrons. The summed E-state index contributed by atoms with van der Waals surface area (Å²) in [6.45, 7) is 5.78. The lowest BCUT2D eigenvalue weighted by atomic mass is 10.2. The van der Waals surface area contributed by atoms with Crippen molar-refractivity contribution in [2.75, 3.05) is 6.61 Å². The van der Waals surface area contributed by atoms with Crippen LogP contribution in [0.2, 0.25) is 0 Å². The molecule has 2 N–H and O–H groups in total. The van der Waals surface area contributed by atoms with Crippen molar-refractivity contribution in [2.24, 2.45) is 0 Å². The number of hydrogen-bond acceptors (Lipinski definition) is 5. The maximum Gasteiger partial charge on any atom is 0.405 e. The Morgan fingerprint density at radius 1 is 1.55 bits per heavy atom. The van der Waals surface area contributed by atoms with Gasteiger partial charge >= 0.3 is 6.09 Å². The second-order valence-electron chi connectivity index (χ2n) is 5.80. The summed E-state index contributed by atoms with van der Waals surface area (Å²) in [7, 11) is 0. The normalized spacial score (nSPS) is 13.0. The number of aromatic nitrogens is 3. The van der Waals surface area contributed by atoms with Gasteiger partial charge in [-0.15, -0.1) is 0 Å². The largest absolute Gasteiger partial charge is 0.465 e. The molecule has 0 radical (unpaired) electrons. The first-order valence-corrected chi connectivity index (χ1v) is 6.72. The molecule has 2 aromatic rings. The smallest absolute Gasteiger partial charge is 0.405 e. The van der Waals surface area contributed by atoms with Crippen LogP contribution >= 0.6 is 0 Å². The summed E-state index contributed by atoms with van der Waals surface area (Å²) in [6, 6.07) is 0.949. The Morgan fingerprint density at radius 2 is 2.27 bits per heavy atom. The zero-order chi connectivity index (χ0) is 16.3. The molecule has 8 nitrogen and oxygen atoms in total. The van der Waals surface area contributed by atoms with Crippen molar-refractivity contribution in [3.63, 3.8) is 0 Å². The van der Waals surface area contributed by atoms with Gasteiger partial charge in [0.25, 0.3) is 0 Å². The number of carbonyl (C=O) groups excluding carboxylic acids is 1. The van der Waals surface area contributed by atoms with Gasteiger partial charge in [0, 0.05) is 5.56 Å². The number of hydrogen-bond donors (Lipinski definition) is 2. The number of aldehydes is 1. The lowest BCUT2D eigenvalue weighted by molar-refractivity contribution is -0.0147. The molecule has 2 rings (SSSR count). The minimum atomic E-state index is -1.17. The number of ether oxygens (including phenoxy) is 1. The number of fused-ring (bicyclic) bond motifs is 1. The predicted octanol–water partition coefficient (Wildman–Crippen LogP) is 1.67. The lowest BCUT2D eigenvalue weighted by Gasteiger charge is -2.23. The molecule has 0 aliphatic heterocycles. The highest BCUT2D eigenvalue weighted by Crippen LogP contribution is 2.17. The van der Waals surface area contributed by atoms with E-state index in [9.17, 15) is 9.59 Å². The van der Waals surface area contributed by atoms with Gasteiger partial charge in [0.05, 0.1) is 36.3 Å². The van der Waals surface area contributed by atoms with Crippen molar-refractivity contribution in [1.82, 2.24) is 19.9 Å². The summed E-state index contributed by atoms with van der Waals surface area (Å²) in [4.78, 5) is 26.0. The van der Waals surface area contributed by atoms with Crippen LogP contribution in [0, 0.1) is 0 Å². The number of amides is 1. The van der Waals surface area contributed by atoms with Crippen LogP contribution in [-0.4, -0.2) is 44.3 Å². The lowest BCUT2D eigenvalue weighted by Crippen LogP contribution is -2.33. The summed E-state index contributed by atoms with van der Waals surface area (Å²) < 4.78 is 7.12. The van der Waals surface area contributed by atoms with E-state index < -0.39 is 17.7 Å². The number of carboxylic acid groups (broad SMARTS) is 1. The minimum Gasteiger partial charge on any atom is -0.465 e. The van der Waals surface area contributed by atoms with Crippen LogP contribution in [-0.2, 0) is 4.74 Å². The van der Waals surface area contributed by atoms with Gasteiger partial charge in [-0.05, 0) is 26.8 Å². The first-order chi connectivity index (χ1) is 10.3. The fraction of sp³-hybridized carbons (Fsp3) is 0.429. The topological polar surface area (TPSA) is 106 Å². The third-order valence-electron chi connectivity index (χ3n) is 2.83. The second kappa shape index (κ2) is 6.10. The quantitative estimate of drug-likeness (QED) is 0.814. The molecule has 0 saturated carbocycles. The Labute approximate surface area is 127 Å². The van der Waals surface area contributed by atoms with E-state index in [-0.39, 0.29) is 6.61 Å². The molecule has 0 unspecified atom stereocenters. The Kier molecular flexibility index (Phi) is 4.41. The van der Waals surface area contributed by atoms with Crippen LogP contribution in [0.25, 0.3) is 5.65 Å². The van der Waals surface area contributed by atoms with Crippen molar-refractivity contribution in [1.29, 1.82) is 0 Å². The zero-order valence-corrected chi connectivity index (χ0v) is 12.6. The maximum atomic E-state index is 11.0. The first kappa shape index (κ1) is 15.9. The fourth-order valence-electron chi connectivity index (χ4n) is 1.83. The average molecular weight is 306 g/mol. The van der Waals surface area contributed by atoms with Gasteiger partial charge in [-0.25, -0.2) is 14.3 Å². The standard InChI is InChI=1S/C14H18N4O4/c1-14(2,3)22-8-11(17-13(20)21)10-6-18-12(16-10)4-9(7-19)5-15-18/h4-7,11,17H,8H2,1-3H3,(H,20,21)/t11-/m0/s1. The molecule has 0 spiro atoms. The highest BCUT2D eigenvalue weighted by molar-refractivity contribution is 5.75. The van der Waals surface area contributed by atoms with E-state index in [0.29, 0.717) is 23.2 Å². The molecular weight excluding hydrogens is 288 g/mol. The summed E-state index contributed by atoms with van der Waals surface area (Å²) in [5, 5.41) is 15.4. The van der Waals surface area contributed by atoms with Gasteiger partial charge in [0.15, 0.2) is 11.9 Å². The SMILES string of the molecule is CC(C)(C)OC[C@H](NC(=O)O)c1cn2ncc(C=O)cc2n1. The molecule has 2 heterocycles. The predicted molar refractivity (Wildman–Crippen MR) is 78.0 cm³/mol. The van der Waals surface area contributed by atoms with Crippen LogP contribution in [0.4, 0.5) is 4.79 Å². The molecule has 0 bridgehead atoms. The molecule has 22 heavy (non-hydrogen) atoms. The number of carbonyl (C=O) groups is 2. The van der Waals surface area contributed by atoms with Crippen molar-refractivity contribution in [2.45, 2.75) is 32.4 Å². The van der Waals surface area contributed by atoms with E-state index in [1.807, 2.05) is 20.8 Å². The summed E-state index contributed by atoms with van der Waals surface area (Å²) in [5.41, 5.74) is 0.939. The molecule has 2 aromatic heterocycles. The van der Waals surface area contributed by atoms with Gasteiger partial charge in [-0.3, -0.25) is 4.79 Å². The van der Waals surface area contributed by atoms with E-state index in [0.717, 1.165) is 0 Å². The molecule has 0 aliphatic rings. The molecule has 0 aromatic carbocycles. The molecule has 8 heteroatoms. The van der Waals surface area contributed by atoms with Gasteiger partial charge in [0.1, 0.15) is 0 Å². The van der Waals surface area contributed by atoms with Crippen molar-refractivity contribution in [3.05, 3.63) is 29.7 Å². The molecule has 0 aliphatic carbocycles. The first-order valence-electron chi connectivity index (χ1n) is 6.72. The molecule has 1 amide bonds. The van der Waals surface area contributed by atoms with E-state index >= 15 is 0 Å². The average Bonchev–Trinajstić information content (AvgIpc) is 2.84. The molecule has 0 fully saturated rings. The number of nitrogens with one attached hydrogen (secondary N) is 1. The Morgan fingerprint density at radius 3 is 2.86 bits per heavy atom. The van der Waals surface area contributed by atoms with E-state index in [2.05, 4.69) is 15.4 Å². The fourth-order valence-corrected chi connectivity index (χ4v) is 1.83. The Hall–Kier alpha value is -2.48. The van der Waals surface area contributed by atoms with Crippen LogP contribution in [0.15, 0.2) is 18.5 Å². The Balaban J connectivity index is 2.29. The van der Waals surface area contributed by atoms with Crippen molar-refractivity contribution < 1.29 is 19.4 Å². The van der Waals surface area contributed by atoms with Gasteiger partial charge in [-0.1, -0.05) is 0 Å². The monoisotopic (exact) mass is 306 g/mol. The van der Waals surface area contributed by atoms with Crippen LogP contribution < -0.4 is 5.32 Å². The van der Waals surface area contributed by atoms with E-state index in [1.165, 1.54) is 10.7 Å². The molecule has 0 saturated heterocycles. The van der Waals surface area contributed by atoms with E-state index in [1.54, 1.807) is 12.3 Å². The third kappa shape index (κ3) is 4.01. The van der Waals surface area contributed by atoms with Crippen LogP contribution in [0.3, 0.4) is 0 Å². The molecule has 1 atom stereocenters. The van der Waals surface area contributed by atoms with Gasteiger partial charge < -0.3 is 15.2 Å². The van der Waals surface area contributed by atoms with Crippen molar-refractivity contribution in [3.8, 4) is 0 Å². The van der Waals surface area contributed by atoms with Gasteiger partial charge in [0.2, 0.25) is 0 Å². The Bertz CT molecular complexity index is 690.